The number of carboxylic acid groups (broad SMARTS) is 1. The zero-order valence-electron chi connectivity index (χ0n) is 10.2. The van der Waals surface area contributed by atoms with E-state index >= 15 is 0 Å². The van der Waals surface area contributed by atoms with Crippen molar-refractivity contribution in [1.82, 2.24) is 4.98 Å². The maximum Gasteiger partial charge on any atom is 0.339 e. The molecule has 0 aliphatic rings. The molecule has 1 rings (SSSR count). The molecule has 7 heteroatoms. The van der Waals surface area contributed by atoms with Crippen LogP contribution in [0.15, 0.2) is 37.6 Å². The molecule has 0 radical (unpaired) electrons. The van der Waals surface area contributed by atoms with E-state index in [2.05, 4.69) is 18.1 Å². The summed E-state index contributed by atoms with van der Waals surface area (Å²) < 4.78 is 0. The third kappa shape index (κ3) is 3.38. The van der Waals surface area contributed by atoms with Gasteiger partial charge in [-0.1, -0.05) is 12.2 Å². The summed E-state index contributed by atoms with van der Waals surface area (Å²) in [6, 6.07) is 0.990. The summed E-state index contributed by atoms with van der Waals surface area (Å²) >= 11 is 0. The number of hydrogen-bond donors (Lipinski definition) is 1. The first-order valence-corrected chi connectivity index (χ1v) is 5.35. The van der Waals surface area contributed by atoms with E-state index in [1.165, 1.54) is 0 Å². The monoisotopic (exact) mass is 263 g/mol. The molecule has 1 aromatic heterocycles. The fourth-order valence-corrected chi connectivity index (χ4v) is 1.51. The lowest BCUT2D eigenvalue weighted by Crippen LogP contribution is -2.26. The molecule has 0 aliphatic heterocycles. The van der Waals surface area contributed by atoms with E-state index in [0.717, 1.165) is 12.3 Å². The van der Waals surface area contributed by atoms with Gasteiger partial charge in [0.15, 0.2) is 0 Å². The quantitative estimate of drug-likeness (QED) is 0.458. The zero-order valence-corrected chi connectivity index (χ0v) is 10.2. The molecule has 7 nitrogen and oxygen atoms in total. The van der Waals surface area contributed by atoms with Crippen molar-refractivity contribution < 1.29 is 14.8 Å². The standard InChI is InChI=1S/C12H13N3O4/c1-3-5-14(6-4-2)11-10(12(16)17)7-9(8-13-11)15(18)19/h3-4,7-8H,1-2,5-6H2,(H,16,17). The first-order valence-electron chi connectivity index (χ1n) is 5.35. The van der Waals surface area contributed by atoms with Crippen LogP contribution in [0.4, 0.5) is 11.5 Å². The molecule has 0 atom stereocenters. The van der Waals surface area contributed by atoms with Crippen molar-refractivity contribution in [3.8, 4) is 0 Å². The third-order valence-electron chi connectivity index (χ3n) is 2.29. The zero-order chi connectivity index (χ0) is 14.4. The lowest BCUT2D eigenvalue weighted by atomic mass is 10.2. The van der Waals surface area contributed by atoms with E-state index in [-0.39, 0.29) is 17.1 Å². The van der Waals surface area contributed by atoms with Crippen molar-refractivity contribution in [2.24, 2.45) is 0 Å². The molecule has 0 bridgehead atoms. The number of pyridine rings is 1. The predicted molar refractivity (Wildman–Crippen MR) is 70.5 cm³/mol. The smallest absolute Gasteiger partial charge is 0.339 e. The number of nitrogens with zero attached hydrogens (tertiary/aromatic N) is 3. The van der Waals surface area contributed by atoms with Crippen molar-refractivity contribution in [2.75, 3.05) is 18.0 Å². The molecular formula is C12H13N3O4. The summed E-state index contributed by atoms with van der Waals surface area (Å²) in [5.41, 5.74) is -0.587. The molecule has 0 saturated heterocycles. The number of aromatic carboxylic acids is 1. The van der Waals surface area contributed by atoms with Crippen LogP contribution in [0.1, 0.15) is 10.4 Å². The molecule has 0 spiro atoms. The van der Waals surface area contributed by atoms with Crippen LogP contribution in [-0.4, -0.2) is 34.1 Å². The number of nitro groups is 1. The highest BCUT2D eigenvalue weighted by Crippen LogP contribution is 2.22. The maximum atomic E-state index is 11.2. The van der Waals surface area contributed by atoms with Gasteiger partial charge in [0.2, 0.25) is 0 Å². The van der Waals surface area contributed by atoms with E-state index < -0.39 is 10.9 Å². The highest BCUT2D eigenvalue weighted by atomic mass is 16.6. The number of hydrogen-bond acceptors (Lipinski definition) is 5. The molecule has 0 aromatic carbocycles. The number of aromatic nitrogens is 1. The molecule has 1 N–H and O–H groups in total. The highest BCUT2D eigenvalue weighted by Gasteiger charge is 2.20. The van der Waals surface area contributed by atoms with Gasteiger partial charge in [0.05, 0.1) is 4.92 Å². The van der Waals surface area contributed by atoms with Gasteiger partial charge in [-0.25, -0.2) is 9.78 Å². The van der Waals surface area contributed by atoms with Crippen molar-refractivity contribution in [2.45, 2.75) is 0 Å². The molecule has 100 valence electrons. The minimum absolute atomic E-state index is 0.151. The van der Waals surface area contributed by atoms with E-state index in [1.807, 2.05) is 0 Å². The number of carbonyl (C=O) groups is 1. The number of carboxylic acids is 1. The number of anilines is 1. The summed E-state index contributed by atoms with van der Waals surface area (Å²) in [6.45, 7) is 7.85. The van der Waals surface area contributed by atoms with Crippen LogP contribution in [0.2, 0.25) is 0 Å². The predicted octanol–water partition coefficient (Wildman–Crippen LogP) is 1.87. The van der Waals surface area contributed by atoms with Crippen molar-refractivity contribution in [3.63, 3.8) is 0 Å². The number of rotatable bonds is 7. The van der Waals surface area contributed by atoms with Crippen LogP contribution in [0.25, 0.3) is 0 Å². The second kappa shape index (κ2) is 6.29. The Bertz CT molecular complexity index is 518. The fraction of sp³-hybridized carbons (Fsp3) is 0.167. The molecule has 1 heterocycles. The second-order valence-corrected chi connectivity index (χ2v) is 3.61. The highest BCUT2D eigenvalue weighted by molar-refractivity contribution is 5.94. The van der Waals surface area contributed by atoms with Crippen molar-refractivity contribution in [3.05, 3.63) is 53.3 Å². The average Bonchev–Trinajstić information content (AvgIpc) is 2.37. The summed E-state index contributed by atoms with van der Waals surface area (Å²) in [7, 11) is 0. The van der Waals surface area contributed by atoms with Gasteiger partial charge in [0.25, 0.3) is 5.69 Å². The minimum Gasteiger partial charge on any atom is -0.478 e. The van der Waals surface area contributed by atoms with E-state index in [4.69, 9.17) is 5.11 Å². The maximum absolute atomic E-state index is 11.2. The first-order chi connectivity index (χ1) is 9.01. The lowest BCUT2D eigenvalue weighted by molar-refractivity contribution is -0.385. The van der Waals surface area contributed by atoms with Crippen LogP contribution < -0.4 is 4.90 Å². The Morgan fingerprint density at radius 3 is 2.47 bits per heavy atom. The van der Waals surface area contributed by atoms with Crippen LogP contribution in [-0.2, 0) is 0 Å². The summed E-state index contributed by atoms with van der Waals surface area (Å²) in [5.74, 6) is -1.12. The Morgan fingerprint density at radius 2 is 2.05 bits per heavy atom. The lowest BCUT2D eigenvalue weighted by Gasteiger charge is -2.21. The van der Waals surface area contributed by atoms with Crippen LogP contribution >= 0.6 is 0 Å². The SMILES string of the molecule is C=CCN(CC=C)c1ncc([N+](=O)[O-])cc1C(=O)O. The van der Waals surface area contributed by atoms with Gasteiger partial charge in [-0.05, 0) is 0 Å². The van der Waals surface area contributed by atoms with Crippen molar-refractivity contribution in [1.29, 1.82) is 0 Å². The summed E-state index contributed by atoms with van der Waals surface area (Å²) in [5, 5.41) is 19.8. The van der Waals surface area contributed by atoms with Gasteiger partial charge in [-0.15, -0.1) is 13.2 Å². The van der Waals surface area contributed by atoms with E-state index in [0.29, 0.717) is 13.1 Å². The molecule has 0 fully saturated rings. The van der Waals surface area contributed by atoms with Gasteiger partial charge in [0, 0.05) is 19.2 Å². The Kier molecular flexibility index (Phi) is 4.76. The fourth-order valence-electron chi connectivity index (χ4n) is 1.51. The summed E-state index contributed by atoms with van der Waals surface area (Å²) in [6.07, 6.45) is 4.19. The third-order valence-corrected chi connectivity index (χ3v) is 2.29. The largest absolute Gasteiger partial charge is 0.478 e. The Balaban J connectivity index is 3.31. The molecule has 0 amide bonds. The Hall–Kier alpha value is -2.70. The van der Waals surface area contributed by atoms with Gasteiger partial charge in [0.1, 0.15) is 17.6 Å². The van der Waals surface area contributed by atoms with Crippen molar-refractivity contribution >= 4 is 17.5 Å². The van der Waals surface area contributed by atoms with Gasteiger partial charge in [-0.3, -0.25) is 10.1 Å². The molecule has 1 aromatic rings. The molecule has 19 heavy (non-hydrogen) atoms. The topological polar surface area (TPSA) is 96.6 Å². The van der Waals surface area contributed by atoms with Crippen LogP contribution in [0, 0.1) is 10.1 Å². The average molecular weight is 263 g/mol. The van der Waals surface area contributed by atoms with E-state index in [1.54, 1.807) is 17.1 Å². The summed E-state index contributed by atoms with van der Waals surface area (Å²) in [4.78, 5) is 26.6. The van der Waals surface area contributed by atoms with Gasteiger partial charge >= 0.3 is 5.97 Å². The molecule has 0 unspecified atom stereocenters. The molecule has 0 aliphatic carbocycles. The molecule has 0 saturated carbocycles. The normalized spacial score (nSPS) is 9.68. The van der Waals surface area contributed by atoms with Crippen LogP contribution in [0.3, 0.4) is 0 Å². The Morgan fingerprint density at radius 1 is 1.47 bits per heavy atom. The minimum atomic E-state index is -1.27. The second-order valence-electron chi connectivity index (χ2n) is 3.61. The molecular weight excluding hydrogens is 250 g/mol. The van der Waals surface area contributed by atoms with Gasteiger partial charge < -0.3 is 10.0 Å². The van der Waals surface area contributed by atoms with Gasteiger partial charge in [-0.2, -0.15) is 0 Å². The Labute approximate surface area is 109 Å². The van der Waals surface area contributed by atoms with E-state index in [9.17, 15) is 14.9 Å². The first kappa shape index (κ1) is 14.4. The van der Waals surface area contributed by atoms with Crippen LogP contribution in [0.5, 0.6) is 0 Å².